The summed E-state index contributed by atoms with van der Waals surface area (Å²) in [5.74, 6) is 0.543. The van der Waals surface area contributed by atoms with E-state index in [1.165, 1.54) is 11.3 Å². The predicted molar refractivity (Wildman–Crippen MR) is 104 cm³/mol. The molecule has 1 N–H and O–H groups in total. The molecule has 1 amide bonds. The number of benzene rings is 2. The van der Waals surface area contributed by atoms with Crippen molar-refractivity contribution < 1.29 is 9.53 Å². The zero-order chi connectivity index (χ0) is 17.8. The van der Waals surface area contributed by atoms with Crippen LogP contribution in [0.4, 0.5) is 10.8 Å². The van der Waals surface area contributed by atoms with Gasteiger partial charge in [0.15, 0.2) is 5.13 Å². The van der Waals surface area contributed by atoms with E-state index in [1.807, 2.05) is 42.5 Å². The first-order valence-electron chi connectivity index (χ1n) is 8.26. The number of anilines is 2. The number of amides is 1. The Morgan fingerprint density at radius 2 is 1.88 bits per heavy atom. The highest BCUT2D eigenvalue weighted by molar-refractivity contribution is 7.22. The van der Waals surface area contributed by atoms with Crippen molar-refractivity contribution >= 4 is 38.3 Å². The molecule has 6 heteroatoms. The lowest BCUT2D eigenvalue weighted by molar-refractivity contribution is 0.102. The van der Waals surface area contributed by atoms with Gasteiger partial charge in [-0.05, 0) is 50.2 Å². The molecular weight excluding hydrogens is 334 g/mol. The van der Waals surface area contributed by atoms with E-state index in [-0.39, 0.29) is 5.91 Å². The van der Waals surface area contributed by atoms with Gasteiger partial charge in [0.05, 0.1) is 11.8 Å². The second kappa shape index (κ2) is 7.53. The third-order valence-electron chi connectivity index (χ3n) is 4.08. The molecule has 0 saturated carbocycles. The van der Waals surface area contributed by atoms with Crippen molar-refractivity contribution in [1.29, 1.82) is 0 Å². The SMILES string of the molecule is CCN(CC)c1ccc(C(=O)Nc2nc3c(OC)cccc3s2)cc1. The van der Waals surface area contributed by atoms with Gasteiger partial charge in [0, 0.05) is 24.3 Å². The summed E-state index contributed by atoms with van der Waals surface area (Å²) in [6.07, 6.45) is 0. The second-order valence-corrected chi connectivity index (χ2v) is 6.53. The van der Waals surface area contributed by atoms with E-state index < -0.39 is 0 Å². The van der Waals surface area contributed by atoms with Crippen LogP contribution in [0, 0.1) is 0 Å². The molecule has 25 heavy (non-hydrogen) atoms. The normalized spacial score (nSPS) is 10.7. The van der Waals surface area contributed by atoms with E-state index in [4.69, 9.17) is 4.74 Å². The monoisotopic (exact) mass is 355 g/mol. The fourth-order valence-corrected chi connectivity index (χ4v) is 3.60. The Balaban J connectivity index is 1.78. The van der Waals surface area contributed by atoms with Crippen molar-refractivity contribution in [3.63, 3.8) is 0 Å². The Bertz CT molecular complexity index is 870. The Morgan fingerprint density at radius 3 is 2.52 bits per heavy atom. The number of aromatic nitrogens is 1. The van der Waals surface area contributed by atoms with E-state index in [9.17, 15) is 4.79 Å². The van der Waals surface area contributed by atoms with Crippen LogP contribution in [0.2, 0.25) is 0 Å². The van der Waals surface area contributed by atoms with Crippen LogP contribution in [0.5, 0.6) is 5.75 Å². The maximum atomic E-state index is 12.5. The van der Waals surface area contributed by atoms with Crippen LogP contribution in [0.3, 0.4) is 0 Å². The molecule has 3 aromatic rings. The summed E-state index contributed by atoms with van der Waals surface area (Å²) >= 11 is 1.43. The topological polar surface area (TPSA) is 54.5 Å². The van der Waals surface area contributed by atoms with Gasteiger partial charge < -0.3 is 9.64 Å². The number of ether oxygens (including phenoxy) is 1. The average molecular weight is 355 g/mol. The third kappa shape index (κ3) is 3.58. The number of para-hydroxylation sites is 1. The number of carbonyl (C=O) groups excluding carboxylic acids is 1. The molecule has 0 fully saturated rings. The molecule has 1 aromatic heterocycles. The van der Waals surface area contributed by atoms with Crippen LogP contribution < -0.4 is 15.0 Å². The first kappa shape index (κ1) is 17.2. The van der Waals surface area contributed by atoms with Crippen molar-refractivity contribution in [2.45, 2.75) is 13.8 Å². The zero-order valence-corrected chi connectivity index (χ0v) is 15.4. The summed E-state index contributed by atoms with van der Waals surface area (Å²) in [6.45, 7) is 6.11. The molecule has 0 atom stereocenters. The standard InChI is InChI=1S/C19H21N3O2S/c1-4-22(5-2)14-11-9-13(10-12-14)18(23)21-19-20-17-15(24-3)7-6-8-16(17)25-19/h6-12H,4-5H2,1-3H3,(H,20,21,23). The van der Waals surface area contributed by atoms with E-state index in [0.29, 0.717) is 16.4 Å². The summed E-state index contributed by atoms with van der Waals surface area (Å²) in [7, 11) is 1.61. The van der Waals surface area contributed by atoms with Gasteiger partial charge in [0.1, 0.15) is 11.3 Å². The van der Waals surface area contributed by atoms with Crippen LogP contribution in [0.1, 0.15) is 24.2 Å². The molecule has 0 aliphatic carbocycles. The molecule has 1 heterocycles. The smallest absolute Gasteiger partial charge is 0.257 e. The lowest BCUT2D eigenvalue weighted by Gasteiger charge is -2.20. The van der Waals surface area contributed by atoms with Gasteiger partial charge in [-0.1, -0.05) is 17.4 Å². The lowest BCUT2D eigenvalue weighted by Crippen LogP contribution is -2.21. The number of thiazole rings is 1. The zero-order valence-electron chi connectivity index (χ0n) is 14.6. The van der Waals surface area contributed by atoms with Gasteiger partial charge in [-0.15, -0.1) is 0 Å². The largest absolute Gasteiger partial charge is 0.494 e. The summed E-state index contributed by atoms with van der Waals surface area (Å²) < 4.78 is 6.29. The van der Waals surface area contributed by atoms with Crippen molar-refractivity contribution in [1.82, 2.24) is 4.98 Å². The molecule has 0 unspecified atom stereocenters. The molecule has 3 rings (SSSR count). The number of methoxy groups -OCH3 is 1. The molecule has 0 aliphatic heterocycles. The fourth-order valence-electron chi connectivity index (χ4n) is 2.72. The lowest BCUT2D eigenvalue weighted by atomic mass is 10.2. The van der Waals surface area contributed by atoms with Gasteiger partial charge in [-0.2, -0.15) is 0 Å². The van der Waals surface area contributed by atoms with E-state index in [1.54, 1.807) is 7.11 Å². The number of rotatable bonds is 6. The van der Waals surface area contributed by atoms with Crippen LogP contribution in [-0.4, -0.2) is 31.1 Å². The Kier molecular flexibility index (Phi) is 5.19. The summed E-state index contributed by atoms with van der Waals surface area (Å²) in [4.78, 5) is 19.2. The van der Waals surface area contributed by atoms with Crippen LogP contribution >= 0.6 is 11.3 Å². The second-order valence-electron chi connectivity index (χ2n) is 5.50. The molecule has 0 bridgehead atoms. The van der Waals surface area contributed by atoms with Crippen molar-refractivity contribution in [3.05, 3.63) is 48.0 Å². The first-order valence-corrected chi connectivity index (χ1v) is 9.07. The minimum Gasteiger partial charge on any atom is -0.494 e. The third-order valence-corrected chi connectivity index (χ3v) is 5.02. The van der Waals surface area contributed by atoms with Gasteiger partial charge in [-0.3, -0.25) is 10.1 Å². The number of hydrogen-bond acceptors (Lipinski definition) is 5. The van der Waals surface area contributed by atoms with Crippen LogP contribution in [-0.2, 0) is 0 Å². The quantitative estimate of drug-likeness (QED) is 0.712. The summed E-state index contributed by atoms with van der Waals surface area (Å²) in [5.41, 5.74) is 2.50. The molecule has 130 valence electrons. The van der Waals surface area contributed by atoms with Crippen molar-refractivity contribution in [2.75, 3.05) is 30.4 Å². The molecular formula is C19H21N3O2S. The molecule has 0 radical (unpaired) electrons. The molecule has 2 aromatic carbocycles. The maximum Gasteiger partial charge on any atom is 0.257 e. The average Bonchev–Trinajstić information content (AvgIpc) is 3.05. The Hall–Kier alpha value is -2.60. The number of hydrogen-bond donors (Lipinski definition) is 1. The van der Waals surface area contributed by atoms with Crippen molar-refractivity contribution in [2.24, 2.45) is 0 Å². The number of nitrogens with one attached hydrogen (secondary N) is 1. The fraction of sp³-hybridized carbons (Fsp3) is 0.263. The first-order chi connectivity index (χ1) is 12.2. The van der Waals surface area contributed by atoms with Crippen molar-refractivity contribution in [3.8, 4) is 5.75 Å². The van der Waals surface area contributed by atoms with Gasteiger partial charge >= 0.3 is 0 Å². The van der Waals surface area contributed by atoms with Crippen LogP contribution in [0.25, 0.3) is 10.2 Å². The highest BCUT2D eigenvalue weighted by Gasteiger charge is 2.12. The van der Waals surface area contributed by atoms with Crippen LogP contribution in [0.15, 0.2) is 42.5 Å². The number of nitrogens with zero attached hydrogens (tertiary/aromatic N) is 2. The number of carbonyl (C=O) groups is 1. The van der Waals surface area contributed by atoms with E-state index in [0.717, 1.165) is 29.0 Å². The molecule has 0 aliphatic rings. The highest BCUT2D eigenvalue weighted by atomic mass is 32.1. The van der Waals surface area contributed by atoms with Gasteiger partial charge in [0.2, 0.25) is 0 Å². The summed E-state index contributed by atoms with van der Waals surface area (Å²) in [6, 6.07) is 13.4. The molecule has 0 saturated heterocycles. The van der Waals surface area contributed by atoms with E-state index >= 15 is 0 Å². The summed E-state index contributed by atoms with van der Waals surface area (Å²) in [5, 5.41) is 3.44. The van der Waals surface area contributed by atoms with Gasteiger partial charge in [-0.25, -0.2) is 4.98 Å². The Labute approximate surface area is 151 Å². The minimum absolute atomic E-state index is 0.163. The van der Waals surface area contributed by atoms with Gasteiger partial charge in [0.25, 0.3) is 5.91 Å². The molecule has 0 spiro atoms. The Morgan fingerprint density at radius 1 is 1.16 bits per heavy atom. The van der Waals surface area contributed by atoms with E-state index in [2.05, 4.69) is 29.0 Å². The minimum atomic E-state index is -0.163. The number of fused-ring (bicyclic) bond motifs is 1. The predicted octanol–water partition coefficient (Wildman–Crippen LogP) is 4.40. The molecule has 5 nitrogen and oxygen atoms in total. The maximum absolute atomic E-state index is 12.5. The highest BCUT2D eigenvalue weighted by Crippen LogP contribution is 2.32.